The van der Waals surface area contributed by atoms with E-state index in [0.717, 1.165) is 24.8 Å². The standard InChI is InChI=1S/C13H23NO/c15-13(5-3-1-2-4-6-13)11-14-9-12(10-14)7-8-12/h15H,1-11H2. The third-order valence-corrected chi connectivity index (χ3v) is 4.63. The normalized spacial score (nSPS) is 33.4. The molecule has 0 amide bonds. The van der Waals surface area contributed by atoms with Crippen LogP contribution in [0.25, 0.3) is 0 Å². The molecule has 1 heterocycles. The Kier molecular flexibility index (Phi) is 2.33. The molecule has 1 spiro atoms. The minimum absolute atomic E-state index is 0.340. The van der Waals surface area contributed by atoms with Gasteiger partial charge in [0, 0.05) is 19.6 Å². The minimum atomic E-state index is -0.340. The van der Waals surface area contributed by atoms with Crippen LogP contribution < -0.4 is 0 Å². The molecule has 0 atom stereocenters. The average molecular weight is 209 g/mol. The molecular formula is C13H23NO. The van der Waals surface area contributed by atoms with E-state index < -0.39 is 0 Å². The Morgan fingerprint density at radius 1 is 0.867 bits per heavy atom. The van der Waals surface area contributed by atoms with E-state index in [0.29, 0.717) is 0 Å². The summed E-state index contributed by atoms with van der Waals surface area (Å²) in [4.78, 5) is 2.48. The van der Waals surface area contributed by atoms with Crippen LogP contribution in [-0.2, 0) is 0 Å². The van der Waals surface area contributed by atoms with E-state index in [1.54, 1.807) is 0 Å². The largest absolute Gasteiger partial charge is 0.389 e. The maximum atomic E-state index is 10.5. The van der Waals surface area contributed by atoms with Crippen LogP contribution in [0.4, 0.5) is 0 Å². The van der Waals surface area contributed by atoms with Gasteiger partial charge in [0.05, 0.1) is 5.60 Å². The lowest BCUT2D eigenvalue weighted by Crippen LogP contribution is -2.54. The third-order valence-electron chi connectivity index (χ3n) is 4.63. The van der Waals surface area contributed by atoms with Gasteiger partial charge in [0.1, 0.15) is 0 Å². The van der Waals surface area contributed by atoms with Gasteiger partial charge < -0.3 is 5.11 Å². The maximum Gasteiger partial charge on any atom is 0.0774 e. The van der Waals surface area contributed by atoms with Gasteiger partial charge in [0.25, 0.3) is 0 Å². The third kappa shape index (κ3) is 2.07. The van der Waals surface area contributed by atoms with Crippen LogP contribution >= 0.6 is 0 Å². The Hall–Kier alpha value is -0.0800. The molecule has 0 aromatic heterocycles. The number of hydrogen-bond acceptors (Lipinski definition) is 2. The van der Waals surface area contributed by atoms with Crippen LogP contribution in [0.3, 0.4) is 0 Å². The van der Waals surface area contributed by atoms with Gasteiger partial charge in [-0.05, 0) is 31.1 Å². The fourth-order valence-electron chi connectivity index (χ4n) is 3.47. The highest BCUT2D eigenvalue weighted by Gasteiger charge is 2.53. The van der Waals surface area contributed by atoms with Crippen molar-refractivity contribution < 1.29 is 5.11 Å². The Morgan fingerprint density at radius 3 is 2.00 bits per heavy atom. The van der Waals surface area contributed by atoms with E-state index in [1.165, 1.54) is 51.6 Å². The molecule has 2 nitrogen and oxygen atoms in total. The summed E-state index contributed by atoms with van der Waals surface area (Å²) in [6.45, 7) is 3.50. The summed E-state index contributed by atoms with van der Waals surface area (Å²) in [6, 6.07) is 0. The van der Waals surface area contributed by atoms with Gasteiger partial charge in [-0.2, -0.15) is 0 Å². The molecule has 0 aromatic carbocycles. The molecule has 1 saturated heterocycles. The predicted molar refractivity (Wildman–Crippen MR) is 60.8 cm³/mol. The van der Waals surface area contributed by atoms with Gasteiger partial charge in [0.15, 0.2) is 0 Å². The molecule has 0 unspecified atom stereocenters. The smallest absolute Gasteiger partial charge is 0.0774 e. The fraction of sp³-hybridized carbons (Fsp3) is 1.00. The fourth-order valence-corrected chi connectivity index (χ4v) is 3.47. The Balaban J connectivity index is 1.51. The number of nitrogens with zero attached hydrogens (tertiary/aromatic N) is 1. The molecule has 0 radical (unpaired) electrons. The second-order valence-electron chi connectivity index (χ2n) is 6.28. The van der Waals surface area contributed by atoms with Crippen LogP contribution in [-0.4, -0.2) is 35.2 Å². The van der Waals surface area contributed by atoms with E-state index in [4.69, 9.17) is 0 Å². The zero-order valence-corrected chi connectivity index (χ0v) is 9.67. The summed E-state index contributed by atoms with van der Waals surface area (Å²) in [7, 11) is 0. The first kappa shape index (κ1) is 10.1. The SMILES string of the molecule is OC1(CN2CC3(CC3)C2)CCCCCC1. The molecule has 15 heavy (non-hydrogen) atoms. The summed E-state index contributed by atoms with van der Waals surface area (Å²) in [6.07, 6.45) is 10.1. The van der Waals surface area contributed by atoms with Crippen molar-refractivity contribution in [2.75, 3.05) is 19.6 Å². The van der Waals surface area contributed by atoms with Crippen molar-refractivity contribution >= 4 is 0 Å². The van der Waals surface area contributed by atoms with Gasteiger partial charge in [-0.15, -0.1) is 0 Å². The first-order chi connectivity index (χ1) is 7.20. The Morgan fingerprint density at radius 2 is 1.47 bits per heavy atom. The summed E-state index contributed by atoms with van der Waals surface area (Å²) >= 11 is 0. The van der Waals surface area contributed by atoms with E-state index in [2.05, 4.69) is 4.90 Å². The number of β-amino-alcohol motifs (C(OH)–C–C–N with tert-alkyl or cyclic N) is 1. The van der Waals surface area contributed by atoms with Gasteiger partial charge in [-0.3, -0.25) is 4.90 Å². The number of rotatable bonds is 2. The zero-order chi connectivity index (χ0) is 10.4. The molecule has 3 rings (SSSR count). The average Bonchev–Trinajstić information content (AvgIpc) is 2.90. The number of aliphatic hydroxyl groups is 1. The Bertz CT molecular complexity index is 231. The second-order valence-corrected chi connectivity index (χ2v) is 6.28. The molecule has 3 aliphatic rings. The van der Waals surface area contributed by atoms with Crippen LogP contribution in [0.5, 0.6) is 0 Å². The van der Waals surface area contributed by atoms with Crippen LogP contribution in [0.1, 0.15) is 51.4 Å². The van der Waals surface area contributed by atoms with Crippen molar-refractivity contribution in [1.29, 1.82) is 0 Å². The minimum Gasteiger partial charge on any atom is -0.389 e. The van der Waals surface area contributed by atoms with E-state index in [9.17, 15) is 5.11 Å². The summed E-state index contributed by atoms with van der Waals surface area (Å²) < 4.78 is 0. The van der Waals surface area contributed by atoms with Crippen molar-refractivity contribution in [2.45, 2.75) is 57.0 Å². The molecule has 86 valence electrons. The molecule has 2 aliphatic carbocycles. The number of hydrogen-bond donors (Lipinski definition) is 1. The van der Waals surface area contributed by atoms with Crippen molar-refractivity contribution in [3.63, 3.8) is 0 Å². The highest BCUT2D eigenvalue weighted by Crippen LogP contribution is 2.53. The van der Waals surface area contributed by atoms with Crippen molar-refractivity contribution in [3.8, 4) is 0 Å². The molecule has 2 saturated carbocycles. The van der Waals surface area contributed by atoms with Gasteiger partial charge in [-0.1, -0.05) is 25.7 Å². The molecule has 1 N–H and O–H groups in total. The topological polar surface area (TPSA) is 23.5 Å². The Labute approximate surface area is 92.7 Å². The molecule has 0 bridgehead atoms. The summed E-state index contributed by atoms with van der Waals surface area (Å²) in [5, 5.41) is 10.5. The predicted octanol–water partition coefficient (Wildman–Crippen LogP) is 2.17. The monoisotopic (exact) mass is 209 g/mol. The highest BCUT2D eigenvalue weighted by atomic mass is 16.3. The molecule has 0 aromatic rings. The van der Waals surface area contributed by atoms with Gasteiger partial charge >= 0.3 is 0 Å². The summed E-state index contributed by atoms with van der Waals surface area (Å²) in [5.74, 6) is 0. The quantitative estimate of drug-likeness (QED) is 0.705. The first-order valence-electron chi connectivity index (χ1n) is 6.65. The first-order valence-corrected chi connectivity index (χ1v) is 6.65. The van der Waals surface area contributed by atoms with Crippen LogP contribution in [0.15, 0.2) is 0 Å². The lowest BCUT2D eigenvalue weighted by atomic mass is 9.89. The zero-order valence-electron chi connectivity index (χ0n) is 9.67. The summed E-state index contributed by atoms with van der Waals surface area (Å²) in [5.41, 5.74) is 0.397. The van der Waals surface area contributed by atoms with Crippen molar-refractivity contribution in [1.82, 2.24) is 4.90 Å². The van der Waals surface area contributed by atoms with E-state index >= 15 is 0 Å². The molecular weight excluding hydrogens is 186 g/mol. The molecule has 2 heteroatoms. The van der Waals surface area contributed by atoms with Crippen molar-refractivity contribution in [3.05, 3.63) is 0 Å². The lowest BCUT2D eigenvalue weighted by Gasteiger charge is -2.44. The van der Waals surface area contributed by atoms with Crippen molar-refractivity contribution in [2.24, 2.45) is 5.41 Å². The highest BCUT2D eigenvalue weighted by molar-refractivity contribution is 5.06. The van der Waals surface area contributed by atoms with Crippen LogP contribution in [0.2, 0.25) is 0 Å². The van der Waals surface area contributed by atoms with E-state index in [-0.39, 0.29) is 5.60 Å². The molecule has 1 aliphatic heterocycles. The van der Waals surface area contributed by atoms with E-state index in [1.807, 2.05) is 0 Å². The van der Waals surface area contributed by atoms with Gasteiger partial charge in [-0.25, -0.2) is 0 Å². The molecule has 3 fully saturated rings. The lowest BCUT2D eigenvalue weighted by molar-refractivity contribution is -0.0461. The van der Waals surface area contributed by atoms with Gasteiger partial charge in [0.2, 0.25) is 0 Å². The number of likely N-dealkylation sites (tertiary alicyclic amines) is 1. The maximum absolute atomic E-state index is 10.5. The second kappa shape index (κ2) is 3.46. The van der Waals surface area contributed by atoms with Crippen LogP contribution in [0, 0.1) is 5.41 Å².